The van der Waals surface area contributed by atoms with Gasteiger partial charge in [0.1, 0.15) is 0 Å². The number of carbonyl (C=O) groups is 1. The van der Waals surface area contributed by atoms with Gasteiger partial charge in [0.2, 0.25) is 5.91 Å². The highest BCUT2D eigenvalue weighted by molar-refractivity contribution is 5.82. The second-order valence-electron chi connectivity index (χ2n) is 7.73. The predicted molar refractivity (Wildman–Crippen MR) is 82.9 cm³/mol. The first-order valence-corrected chi connectivity index (χ1v) is 8.82. The van der Waals surface area contributed by atoms with E-state index in [-0.39, 0.29) is 11.9 Å². The zero-order valence-corrected chi connectivity index (χ0v) is 13.2. The minimum atomic E-state index is -0.673. The van der Waals surface area contributed by atoms with Gasteiger partial charge in [-0.25, -0.2) is 0 Å². The first-order chi connectivity index (χ1) is 10.1. The standard InChI is InChI=1S/C17H30N2O2/c1-12-6-8-17(21,9-7-12)11-18-16(20)15-10-13-4-2-3-5-14(13)19-15/h12-15,19,21H,2-11H2,1H3,(H,18,20). The van der Waals surface area contributed by atoms with E-state index >= 15 is 0 Å². The van der Waals surface area contributed by atoms with Crippen LogP contribution in [0.15, 0.2) is 0 Å². The number of fused-ring (bicyclic) bond motifs is 1. The van der Waals surface area contributed by atoms with Crippen LogP contribution in [0.2, 0.25) is 0 Å². The van der Waals surface area contributed by atoms with Crippen molar-refractivity contribution in [1.82, 2.24) is 10.6 Å². The van der Waals surface area contributed by atoms with Gasteiger partial charge in [0.15, 0.2) is 0 Å². The molecule has 2 aliphatic carbocycles. The summed E-state index contributed by atoms with van der Waals surface area (Å²) in [5.74, 6) is 1.49. The quantitative estimate of drug-likeness (QED) is 0.746. The summed E-state index contributed by atoms with van der Waals surface area (Å²) in [6.45, 7) is 2.66. The van der Waals surface area contributed by atoms with Crippen LogP contribution in [-0.2, 0) is 4.79 Å². The van der Waals surface area contributed by atoms with Gasteiger partial charge >= 0.3 is 0 Å². The average molecular weight is 294 g/mol. The maximum absolute atomic E-state index is 12.4. The maximum atomic E-state index is 12.4. The Balaban J connectivity index is 1.46. The highest BCUT2D eigenvalue weighted by atomic mass is 16.3. The summed E-state index contributed by atoms with van der Waals surface area (Å²) in [5, 5.41) is 17.1. The molecule has 1 amide bonds. The third-order valence-corrected chi connectivity index (χ3v) is 5.98. The number of hydrogen-bond donors (Lipinski definition) is 3. The van der Waals surface area contributed by atoms with Gasteiger partial charge in [-0.2, -0.15) is 0 Å². The monoisotopic (exact) mass is 294 g/mol. The van der Waals surface area contributed by atoms with Gasteiger partial charge in [0, 0.05) is 12.6 Å². The smallest absolute Gasteiger partial charge is 0.237 e. The largest absolute Gasteiger partial charge is 0.388 e. The Morgan fingerprint density at radius 3 is 2.67 bits per heavy atom. The zero-order chi connectivity index (χ0) is 14.9. The summed E-state index contributed by atoms with van der Waals surface area (Å²) in [6.07, 6.45) is 9.84. The average Bonchev–Trinajstić information content (AvgIpc) is 2.92. The molecule has 0 aromatic carbocycles. The van der Waals surface area contributed by atoms with Crippen LogP contribution in [-0.4, -0.2) is 35.2 Å². The molecule has 0 spiro atoms. The number of hydrogen-bond acceptors (Lipinski definition) is 3. The van der Waals surface area contributed by atoms with Crippen molar-refractivity contribution >= 4 is 5.91 Å². The van der Waals surface area contributed by atoms with Crippen LogP contribution < -0.4 is 10.6 Å². The van der Waals surface area contributed by atoms with Crippen molar-refractivity contribution in [2.45, 2.75) is 82.4 Å². The fourth-order valence-corrected chi connectivity index (χ4v) is 4.37. The minimum Gasteiger partial charge on any atom is -0.388 e. The molecule has 1 heterocycles. The fraction of sp³-hybridized carbons (Fsp3) is 0.941. The van der Waals surface area contributed by atoms with Crippen LogP contribution in [0.5, 0.6) is 0 Å². The number of aliphatic hydroxyl groups is 1. The van der Waals surface area contributed by atoms with Gasteiger partial charge in [-0.05, 0) is 56.8 Å². The summed E-state index contributed by atoms with van der Waals surface area (Å²) in [5.41, 5.74) is -0.673. The molecule has 0 aromatic heterocycles. The topological polar surface area (TPSA) is 61.4 Å². The second kappa shape index (κ2) is 6.25. The lowest BCUT2D eigenvalue weighted by atomic mass is 9.79. The van der Waals surface area contributed by atoms with E-state index in [4.69, 9.17) is 0 Å². The molecule has 3 unspecified atom stereocenters. The fourth-order valence-electron chi connectivity index (χ4n) is 4.37. The van der Waals surface area contributed by atoms with E-state index in [0.717, 1.165) is 32.1 Å². The third kappa shape index (κ3) is 3.59. The first kappa shape index (κ1) is 15.3. The first-order valence-electron chi connectivity index (χ1n) is 8.82. The minimum absolute atomic E-state index is 0.0378. The highest BCUT2D eigenvalue weighted by Gasteiger charge is 2.39. The molecule has 0 radical (unpaired) electrons. The third-order valence-electron chi connectivity index (χ3n) is 5.98. The van der Waals surface area contributed by atoms with Gasteiger partial charge in [-0.3, -0.25) is 4.79 Å². The molecule has 1 aliphatic heterocycles. The van der Waals surface area contributed by atoms with E-state index in [0.29, 0.717) is 24.4 Å². The molecule has 3 N–H and O–H groups in total. The van der Waals surface area contributed by atoms with Crippen molar-refractivity contribution in [3.05, 3.63) is 0 Å². The van der Waals surface area contributed by atoms with Crippen molar-refractivity contribution in [3.8, 4) is 0 Å². The summed E-state index contributed by atoms with van der Waals surface area (Å²) in [6, 6.07) is 0.511. The van der Waals surface area contributed by atoms with Crippen LogP contribution >= 0.6 is 0 Å². The lowest BCUT2D eigenvalue weighted by molar-refractivity contribution is -0.124. The molecule has 3 fully saturated rings. The summed E-state index contributed by atoms with van der Waals surface area (Å²) in [4.78, 5) is 12.4. The molecule has 2 saturated carbocycles. The molecule has 1 saturated heterocycles. The lowest BCUT2D eigenvalue weighted by Gasteiger charge is -2.35. The van der Waals surface area contributed by atoms with Crippen molar-refractivity contribution in [2.24, 2.45) is 11.8 Å². The van der Waals surface area contributed by atoms with Crippen molar-refractivity contribution < 1.29 is 9.90 Å². The Labute approximate surface area is 128 Å². The van der Waals surface area contributed by atoms with Crippen molar-refractivity contribution in [3.63, 3.8) is 0 Å². The Bertz CT molecular complexity index is 363. The zero-order valence-electron chi connectivity index (χ0n) is 13.2. The Morgan fingerprint density at radius 2 is 1.95 bits per heavy atom. The highest BCUT2D eigenvalue weighted by Crippen LogP contribution is 2.34. The van der Waals surface area contributed by atoms with E-state index in [2.05, 4.69) is 17.6 Å². The van der Waals surface area contributed by atoms with E-state index < -0.39 is 5.60 Å². The number of rotatable bonds is 3. The molecule has 3 rings (SSSR count). The number of amides is 1. The van der Waals surface area contributed by atoms with E-state index in [1.807, 2.05) is 0 Å². The van der Waals surface area contributed by atoms with Crippen molar-refractivity contribution in [1.29, 1.82) is 0 Å². The molecule has 3 aliphatic rings. The molecular weight excluding hydrogens is 264 g/mol. The molecule has 120 valence electrons. The molecule has 4 nitrogen and oxygen atoms in total. The van der Waals surface area contributed by atoms with Crippen molar-refractivity contribution in [2.75, 3.05) is 6.54 Å². The number of nitrogens with one attached hydrogen (secondary N) is 2. The molecule has 3 atom stereocenters. The molecule has 4 heteroatoms. The van der Waals surface area contributed by atoms with E-state index in [9.17, 15) is 9.90 Å². The molecule has 0 aromatic rings. The van der Waals surface area contributed by atoms with E-state index in [1.54, 1.807) is 0 Å². The predicted octanol–water partition coefficient (Wildman–Crippen LogP) is 1.96. The van der Waals surface area contributed by atoms with Gasteiger partial charge in [-0.15, -0.1) is 0 Å². The van der Waals surface area contributed by atoms with Crippen LogP contribution in [0.3, 0.4) is 0 Å². The summed E-state index contributed by atoms with van der Waals surface area (Å²) < 4.78 is 0. The van der Waals surface area contributed by atoms with Crippen LogP contribution in [0.4, 0.5) is 0 Å². The normalized spacial score (nSPS) is 43.3. The van der Waals surface area contributed by atoms with E-state index in [1.165, 1.54) is 25.7 Å². The van der Waals surface area contributed by atoms with Gasteiger partial charge in [0.25, 0.3) is 0 Å². The lowest BCUT2D eigenvalue weighted by Crippen LogP contribution is -2.50. The number of carbonyl (C=O) groups excluding carboxylic acids is 1. The Hall–Kier alpha value is -0.610. The van der Waals surface area contributed by atoms with Gasteiger partial charge in [0.05, 0.1) is 11.6 Å². The van der Waals surface area contributed by atoms with Gasteiger partial charge < -0.3 is 15.7 Å². The summed E-state index contributed by atoms with van der Waals surface area (Å²) in [7, 11) is 0. The summed E-state index contributed by atoms with van der Waals surface area (Å²) >= 11 is 0. The SMILES string of the molecule is CC1CCC(O)(CNC(=O)C2CC3CCCCC3N2)CC1. The Morgan fingerprint density at radius 1 is 1.24 bits per heavy atom. The van der Waals surface area contributed by atoms with Gasteiger partial charge in [-0.1, -0.05) is 19.8 Å². The molecular formula is C17H30N2O2. The van der Waals surface area contributed by atoms with Crippen LogP contribution in [0.1, 0.15) is 64.7 Å². The Kier molecular flexibility index (Phi) is 4.55. The maximum Gasteiger partial charge on any atom is 0.237 e. The molecule has 0 bridgehead atoms. The molecule has 21 heavy (non-hydrogen) atoms. The van der Waals surface area contributed by atoms with Crippen LogP contribution in [0, 0.1) is 11.8 Å². The second-order valence-corrected chi connectivity index (χ2v) is 7.73. The van der Waals surface area contributed by atoms with Crippen LogP contribution in [0.25, 0.3) is 0 Å².